The zero-order valence-electron chi connectivity index (χ0n) is 28.1. The normalized spacial score (nSPS) is 26.0. The molecule has 1 aliphatic carbocycles. The number of ether oxygens (including phenoxy) is 3. The van der Waals surface area contributed by atoms with Gasteiger partial charge in [0.2, 0.25) is 5.91 Å². The van der Waals surface area contributed by atoms with Crippen LogP contribution in [0.3, 0.4) is 0 Å². The fraction of sp³-hybridized carbons (Fsp3) is 0.528. The molecule has 49 heavy (non-hydrogen) atoms. The summed E-state index contributed by atoms with van der Waals surface area (Å²) in [6.07, 6.45) is 4.41. The molecule has 0 spiro atoms. The predicted octanol–water partition coefficient (Wildman–Crippen LogP) is 4.74. The van der Waals surface area contributed by atoms with Gasteiger partial charge in [0.05, 0.1) is 59.6 Å². The Morgan fingerprint density at radius 1 is 1.02 bits per heavy atom. The highest BCUT2D eigenvalue weighted by Crippen LogP contribution is 2.32. The van der Waals surface area contributed by atoms with Crippen LogP contribution >= 0.6 is 11.6 Å². The van der Waals surface area contributed by atoms with Gasteiger partial charge in [-0.15, -0.1) is 0 Å². The Morgan fingerprint density at radius 2 is 1.71 bits per heavy atom. The molecule has 2 amide bonds. The summed E-state index contributed by atoms with van der Waals surface area (Å²) in [4.78, 5) is 42.5. The first-order valence-electron chi connectivity index (χ1n) is 16.8. The van der Waals surface area contributed by atoms with Crippen LogP contribution in [0.4, 0.5) is 10.1 Å². The number of carbonyl (C=O) groups is 3. The van der Waals surface area contributed by atoms with Gasteiger partial charge < -0.3 is 34.1 Å². The maximum atomic E-state index is 15.6. The molecule has 1 aromatic heterocycles. The lowest BCUT2D eigenvalue weighted by Crippen LogP contribution is -2.41. The third kappa shape index (κ3) is 7.63. The Labute approximate surface area is 290 Å². The minimum absolute atomic E-state index is 0.0400. The summed E-state index contributed by atoms with van der Waals surface area (Å²) in [5.74, 6) is -2.42. The van der Waals surface area contributed by atoms with Gasteiger partial charge in [-0.1, -0.05) is 29.8 Å². The van der Waals surface area contributed by atoms with Gasteiger partial charge in [0.15, 0.2) is 0 Å². The molecule has 2 aromatic carbocycles. The number of likely N-dealkylation sites (tertiary alicyclic amines) is 2. The van der Waals surface area contributed by atoms with Crippen LogP contribution in [0.2, 0.25) is 5.02 Å². The van der Waals surface area contributed by atoms with Crippen molar-refractivity contribution in [1.82, 2.24) is 14.4 Å². The monoisotopic (exact) mass is 698 g/mol. The maximum absolute atomic E-state index is 15.6. The van der Waals surface area contributed by atoms with Gasteiger partial charge in [0.25, 0.3) is 5.91 Å². The van der Waals surface area contributed by atoms with E-state index in [0.29, 0.717) is 63.9 Å². The molecular formula is C36H44ClFN4O7. The molecule has 3 aliphatic rings. The number of aliphatic carboxylic acids is 1. The van der Waals surface area contributed by atoms with E-state index in [2.05, 4.69) is 10.2 Å². The first-order chi connectivity index (χ1) is 23.6. The van der Waals surface area contributed by atoms with Crippen molar-refractivity contribution in [2.24, 2.45) is 13.0 Å². The van der Waals surface area contributed by atoms with E-state index in [-0.39, 0.29) is 64.9 Å². The van der Waals surface area contributed by atoms with Gasteiger partial charge in [-0.25, -0.2) is 4.39 Å². The first kappa shape index (κ1) is 35.3. The minimum atomic E-state index is -0.768. The molecule has 0 bridgehead atoms. The molecule has 6 rings (SSSR count). The number of rotatable bonds is 11. The Morgan fingerprint density at radius 3 is 2.39 bits per heavy atom. The molecule has 3 fully saturated rings. The molecule has 0 radical (unpaired) electrons. The first-order valence-corrected chi connectivity index (χ1v) is 17.2. The van der Waals surface area contributed by atoms with E-state index in [0.717, 1.165) is 17.0 Å². The number of fused-ring (bicyclic) bond motifs is 1. The van der Waals surface area contributed by atoms with Crippen LogP contribution in [0.25, 0.3) is 10.9 Å². The maximum Gasteiger partial charge on any atom is 0.306 e. The topological polar surface area (TPSA) is 123 Å². The van der Waals surface area contributed by atoms with Crippen molar-refractivity contribution < 1.29 is 38.1 Å². The number of methoxy groups -OCH3 is 2. The van der Waals surface area contributed by atoms with E-state index >= 15 is 4.39 Å². The molecule has 2 saturated heterocycles. The molecule has 13 heteroatoms. The van der Waals surface area contributed by atoms with Crippen LogP contribution < -0.4 is 5.32 Å². The number of nitrogens with one attached hydrogen (secondary N) is 1. The average Bonchev–Trinajstić information content (AvgIpc) is 3.81. The summed E-state index contributed by atoms with van der Waals surface area (Å²) < 4.78 is 35.0. The number of para-hydroxylation sites is 1. The number of hydrogen-bond acceptors (Lipinski definition) is 7. The van der Waals surface area contributed by atoms with Crippen molar-refractivity contribution in [1.29, 1.82) is 0 Å². The summed E-state index contributed by atoms with van der Waals surface area (Å²) in [5.41, 5.74) is 1.58. The van der Waals surface area contributed by atoms with Crippen molar-refractivity contribution in [3.63, 3.8) is 0 Å². The Hall–Kier alpha value is -3.55. The molecule has 3 heterocycles. The Bertz CT molecular complexity index is 1680. The number of carbonyl (C=O) groups excluding carboxylic acids is 2. The number of nitrogens with zero attached hydrogens (tertiary/aromatic N) is 3. The number of carboxylic acid groups (broad SMARTS) is 1. The Kier molecular flexibility index (Phi) is 10.9. The van der Waals surface area contributed by atoms with Crippen molar-refractivity contribution >= 4 is 46.0 Å². The summed E-state index contributed by atoms with van der Waals surface area (Å²) in [7, 11) is 5.18. The number of halogens is 2. The zero-order chi connectivity index (χ0) is 34.8. The smallest absolute Gasteiger partial charge is 0.306 e. The second-order valence-electron chi connectivity index (χ2n) is 13.5. The van der Waals surface area contributed by atoms with Crippen LogP contribution in [0.15, 0.2) is 42.6 Å². The second kappa shape index (κ2) is 15.1. The van der Waals surface area contributed by atoms with Crippen LogP contribution in [0.1, 0.15) is 48.0 Å². The molecule has 1 saturated carbocycles. The minimum Gasteiger partial charge on any atom is -0.481 e. The lowest BCUT2D eigenvalue weighted by atomic mass is 9.87. The van der Waals surface area contributed by atoms with Crippen molar-refractivity contribution in [2.75, 3.05) is 45.8 Å². The molecule has 2 N–H and O–H groups in total. The largest absolute Gasteiger partial charge is 0.481 e. The fourth-order valence-electron chi connectivity index (χ4n) is 7.66. The van der Waals surface area contributed by atoms with Crippen LogP contribution in [0, 0.1) is 11.7 Å². The third-order valence-corrected chi connectivity index (χ3v) is 10.8. The highest BCUT2D eigenvalue weighted by atomic mass is 35.5. The lowest BCUT2D eigenvalue weighted by molar-refractivity contribution is -0.144. The SMILES string of the molecule is COC1CN([C@H]2C[C@@H](CO[C@H]3CC[C@H](C(=O)O)CC3)N(C(=O)Cc3cc(Cl)c(NC(=O)c4cn(C)c5ccccc45)cc3F)C2)C[C@@H]1OC. The van der Waals surface area contributed by atoms with Gasteiger partial charge >= 0.3 is 5.97 Å². The van der Waals surface area contributed by atoms with E-state index in [1.165, 1.54) is 6.07 Å². The standard InChI is InChI=1S/C36H44ClFN4O7/c1-40-17-27(26-6-4-5-7-31(26)40)35(44)39-30-15-29(38)22(12-28(30)37)13-34(43)42-16-23(41-18-32(47-2)33(19-41)48-3)14-24(42)20-49-25-10-8-21(9-11-25)36(45)46/h4-7,12,15,17,21,23-25,32-33H,8-11,13-14,16,18-20H2,1-3H3,(H,39,44)(H,45,46)/t21-,23-,24-,25-,32-,33?/m0/s1. The van der Waals surface area contributed by atoms with E-state index < -0.39 is 17.7 Å². The summed E-state index contributed by atoms with van der Waals surface area (Å²) in [5, 5.41) is 13.0. The van der Waals surface area contributed by atoms with E-state index in [1.807, 2.05) is 35.9 Å². The quantitative estimate of drug-likeness (QED) is 0.295. The molecule has 264 valence electrons. The highest BCUT2D eigenvalue weighted by molar-refractivity contribution is 6.34. The molecule has 2 aliphatic heterocycles. The van der Waals surface area contributed by atoms with Gasteiger partial charge in [0, 0.05) is 64.0 Å². The van der Waals surface area contributed by atoms with Crippen LogP contribution in [-0.4, -0.2) is 108 Å². The van der Waals surface area contributed by atoms with E-state index in [4.69, 9.17) is 25.8 Å². The second-order valence-corrected chi connectivity index (χ2v) is 13.9. The van der Waals surface area contributed by atoms with Gasteiger partial charge in [0.1, 0.15) is 5.82 Å². The fourth-order valence-corrected chi connectivity index (χ4v) is 7.90. The molecular weight excluding hydrogens is 655 g/mol. The number of hydrogen-bond donors (Lipinski definition) is 2. The van der Waals surface area contributed by atoms with Crippen LogP contribution in [0.5, 0.6) is 0 Å². The van der Waals surface area contributed by atoms with Crippen LogP contribution in [-0.2, 0) is 37.3 Å². The predicted molar refractivity (Wildman–Crippen MR) is 182 cm³/mol. The van der Waals surface area contributed by atoms with E-state index in [1.54, 1.807) is 25.3 Å². The van der Waals surface area contributed by atoms with Crippen molar-refractivity contribution in [2.45, 2.75) is 68.9 Å². The number of benzene rings is 2. The van der Waals surface area contributed by atoms with Gasteiger partial charge in [-0.05, 0) is 55.9 Å². The van der Waals surface area contributed by atoms with Gasteiger partial charge in [-0.3, -0.25) is 19.3 Å². The van der Waals surface area contributed by atoms with Crippen molar-refractivity contribution in [3.8, 4) is 0 Å². The number of carboxylic acids is 1. The number of aromatic nitrogens is 1. The lowest BCUT2D eigenvalue weighted by Gasteiger charge is -2.30. The Balaban J connectivity index is 1.14. The van der Waals surface area contributed by atoms with E-state index in [9.17, 15) is 19.5 Å². The molecule has 11 nitrogen and oxygen atoms in total. The summed E-state index contributed by atoms with van der Waals surface area (Å²) in [6, 6.07) is 9.86. The molecule has 3 aromatic rings. The van der Waals surface area contributed by atoms with Gasteiger partial charge in [-0.2, -0.15) is 0 Å². The zero-order valence-corrected chi connectivity index (χ0v) is 28.8. The summed E-state index contributed by atoms with van der Waals surface area (Å²) >= 11 is 6.56. The average molecular weight is 699 g/mol. The molecule has 1 unspecified atom stereocenters. The number of anilines is 1. The molecule has 4 atom stereocenters. The van der Waals surface area contributed by atoms with Crippen molar-refractivity contribution in [3.05, 3.63) is 64.6 Å². The number of aryl methyl sites for hydroxylation is 1. The summed E-state index contributed by atoms with van der Waals surface area (Å²) in [6.45, 7) is 2.09. The number of amides is 2. The highest BCUT2D eigenvalue weighted by Gasteiger charge is 2.43. The third-order valence-electron chi connectivity index (χ3n) is 10.5.